The first-order valence-electron chi connectivity index (χ1n) is 3.35. The second kappa shape index (κ2) is 4.02. The van der Waals surface area contributed by atoms with Gasteiger partial charge in [0, 0.05) is 6.07 Å². The van der Waals surface area contributed by atoms with Gasteiger partial charge in [-0.05, 0) is 15.9 Å². The number of ether oxygens (including phenoxy) is 1. The van der Waals surface area contributed by atoms with Crippen molar-refractivity contribution in [2.24, 2.45) is 0 Å². The summed E-state index contributed by atoms with van der Waals surface area (Å²) in [6, 6.07) is 1.91. The number of aromatic nitrogens is 1. The summed E-state index contributed by atoms with van der Waals surface area (Å²) in [7, 11) is 0. The molecule has 0 amide bonds. The average molecular weight is 285 g/mol. The summed E-state index contributed by atoms with van der Waals surface area (Å²) in [5.41, 5.74) is -0.591. The molecule has 0 aromatic carbocycles. The second-order valence-corrected chi connectivity index (χ2v) is 3.02. The van der Waals surface area contributed by atoms with Gasteiger partial charge >= 0.3 is 6.36 Å². The number of nitrogens with zero attached hydrogens (tertiary/aromatic N) is 2. The summed E-state index contributed by atoms with van der Waals surface area (Å²) in [5, 5.41) is 8.45. The lowest BCUT2D eigenvalue weighted by Crippen LogP contribution is -2.18. The van der Waals surface area contributed by atoms with Crippen LogP contribution in [-0.2, 0) is 0 Å². The van der Waals surface area contributed by atoms with Crippen molar-refractivity contribution in [2.75, 3.05) is 0 Å². The normalized spacial score (nSPS) is 10.9. The molecule has 0 aliphatic rings. The van der Waals surface area contributed by atoms with Crippen LogP contribution in [0, 0.1) is 17.3 Å². The largest absolute Gasteiger partial charge is 0.573 e. The van der Waals surface area contributed by atoms with Gasteiger partial charge in [-0.2, -0.15) is 9.65 Å². The summed E-state index contributed by atoms with van der Waals surface area (Å²) in [6.07, 6.45) is -4.96. The standard InChI is InChI=1S/C7HBrF4N2O/c8-6-5(15-7(10,11)12)3(2-13)1-4(9)14-6/h1H. The van der Waals surface area contributed by atoms with E-state index in [1.54, 1.807) is 0 Å². The Hall–Kier alpha value is -1.36. The quantitative estimate of drug-likeness (QED) is 0.588. The third-order valence-electron chi connectivity index (χ3n) is 1.24. The molecule has 3 nitrogen and oxygen atoms in total. The molecule has 0 aliphatic heterocycles. The summed E-state index contributed by atoms with van der Waals surface area (Å²) < 4.78 is 51.2. The topological polar surface area (TPSA) is 45.9 Å². The molecule has 0 aliphatic carbocycles. The van der Waals surface area contributed by atoms with Crippen LogP contribution in [0.15, 0.2) is 10.7 Å². The zero-order valence-electron chi connectivity index (χ0n) is 6.77. The van der Waals surface area contributed by atoms with Crippen molar-refractivity contribution in [3.8, 4) is 11.8 Å². The van der Waals surface area contributed by atoms with Gasteiger partial charge < -0.3 is 4.74 Å². The molecule has 0 bridgehead atoms. The maximum Gasteiger partial charge on any atom is 0.573 e. The number of hydrogen-bond donors (Lipinski definition) is 0. The molecule has 15 heavy (non-hydrogen) atoms. The average Bonchev–Trinajstić information content (AvgIpc) is 2.07. The molecule has 8 heteroatoms. The lowest BCUT2D eigenvalue weighted by molar-refractivity contribution is -0.275. The van der Waals surface area contributed by atoms with Crippen LogP contribution in [-0.4, -0.2) is 11.3 Å². The van der Waals surface area contributed by atoms with Gasteiger partial charge in [0.05, 0.1) is 0 Å². The molecule has 0 unspecified atom stereocenters. The van der Waals surface area contributed by atoms with Gasteiger partial charge in [0.2, 0.25) is 5.95 Å². The van der Waals surface area contributed by atoms with Crippen molar-refractivity contribution >= 4 is 15.9 Å². The van der Waals surface area contributed by atoms with E-state index in [2.05, 4.69) is 25.7 Å². The Labute approximate surface area is 89.4 Å². The third-order valence-corrected chi connectivity index (χ3v) is 1.78. The monoisotopic (exact) mass is 284 g/mol. The molecule has 1 aromatic rings. The Morgan fingerprint density at radius 1 is 1.47 bits per heavy atom. The maximum absolute atomic E-state index is 12.6. The van der Waals surface area contributed by atoms with Gasteiger partial charge in [-0.3, -0.25) is 0 Å². The maximum atomic E-state index is 12.6. The van der Waals surface area contributed by atoms with Gasteiger partial charge in [0.25, 0.3) is 0 Å². The fourth-order valence-electron chi connectivity index (χ4n) is 0.768. The molecule has 1 aromatic heterocycles. The van der Waals surface area contributed by atoms with E-state index in [4.69, 9.17) is 5.26 Å². The molecule has 1 rings (SSSR count). The number of rotatable bonds is 1. The smallest absolute Gasteiger partial charge is 0.401 e. The fraction of sp³-hybridized carbons (Fsp3) is 0.143. The van der Waals surface area contributed by atoms with Crippen LogP contribution in [0.25, 0.3) is 0 Å². The van der Waals surface area contributed by atoms with Gasteiger partial charge in [0.1, 0.15) is 11.6 Å². The van der Waals surface area contributed by atoms with E-state index in [0.29, 0.717) is 6.07 Å². The van der Waals surface area contributed by atoms with Crippen LogP contribution in [0.4, 0.5) is 17.6 Å². The van der Waals surface area contributed by atoms with E-state index in [-0.39, 0.29) is 0 Å². The highest BCUT2D eigenvalue weighted by Gasteiger charge is 2.33. The Morgan fingerprint density at radius 3 is 2.53 bits per heavy atom. The summed E-state index contributed by atoms with van der Waals surface area (Å²) >= 11 is 2.56. The summed E-state index contributed by atoms with van der Waals surface area (Å²) in [6.45, 7) is 0. The molecule has 0 atom stereocenters. The highest BCUT2D eigenvalue weighted by atomic mass is 79.9. The molecule has 0 saturated heterocycles. The van der Waals surface area contributed by atoms with Crippen LogP contribution < -0.4 is 4.74 Å². The summed E-state index contributed by atoms with van der Waals surface area (Å²) in [4.78, 5) is 3.04. The minimum Gasteiger partial charge on any atom is -0.401 e. The molecule has 80 valence electrons. The molecule has 0 radical (unpaired) electrons. The van der Waals surface area contributed by atoms with Crippen LogP contribution in [0.2, 0.25) is 0 Å². The highest BCUT2D eigenvalue weighted by Crippen LogP contribution is 2.32. The molecular weight excluding hydrogens is 284 g/mol. The molecule has 0 N–H and O–H groups in total. The Morgan fingerprint density at radius 2 is 2.07 bits per heavy atom. The van der Waals surface area contributed by atoms with E-state index in [1.165, 1.54) is 6.07 Å². The number of hydrogen-bond acceptors (Lipinski definition) is 3. The third kappa shape index (κ3) is 3.06. The zero-order chi connectivity index (χ0) is 11.6. The molecule has 0 spiro atoms. The first kappa shape index (κ1) is 11.7. The first-order valence-corrected chi connectivity index (χ1v) is 4.14. The number of alkyl halides is 3. The SMILES string of the molecule is N#Cc1cc(F)nc(Br)c1OC(F)(F)F. The molecule has 0 fully saturated rings. The Balaban J connectivity index is 3.23. The van der Waals surface area contributed by atoms with Crippen LogP contribution in [0.1, 0.15) is 5.56 Å². The van der Waals surface area contributed by atoms with Crippen molar-refractivity contribution in [1.29, 1.82) is 5.26 Å². The van der Waals surface area contributed by atoms with Crippen LogP contribution >= 0.6 is 15.9 Å². The number of nitriles is 1. The van der Waals surface area contributed by atoms with Crippen LogP contribution in [0.3, 0.4) is 0 Å². The Kier molecular flexibility index (Phi) is 3.14. The fourth-order valence-corrected chi connectivity index (χ4v) is 1.23. The van der Waals surface area contributed by atoms with Crippen molar-refractivity contribution in [3.63, 3.8) is 0 Å². The van der Waals surface area contributed by atoms with E-state index in [9.17, 15) is 17.6 Å². The van der Waals surface area contributed by atoms with Gasteiger partial charge in [-0.1, -0.05) is 0 Å². The van der Waals surface area contributed by atoms with Crippen molar-refractivity contribution in [3.05, 3.63) is 22.2 Å². The number of halogens is 5. The van der Waals surface area contributed by atoms with Crippen LogP contribution in [0.5, 0.6) is 5.75 Å². The van der Waals surface area contributed by atoms with Crippen molar-refractivity contribution in [1.82, 2.24) is 4.98 Å². The van der Waals surface area contributed by atoms with E-state index >= 15 is 0 Å². The molecule has 0 saturated carbocycles. The van der Waals surface area contributed by atoms with E-state index in [0.717, 1.165) is 0 Å². The Bertz CT molecular complexity index is 426. The predicted octanol–water partition coefficient (Wildman–Crippen LogP) is 2.75. The van der Waals surface area contributed by atoms with E-state index in [1.807, 2.05) is 0 Å². The minimum absolute atomic E-state index is 0.517. The van der Waals surface area contributed by atoms with Gasteiger partial charge in [0.15, 0.2) is 10.4 Å². The molecule has 1 heterocycles. The zero-order valence-corrected chi connectivity index (χ0v) is 8.36. The van der Waals surface area contributed by atoms with Crippen molar-refractivity contribution in [2.45, 2.75) is 6.36 Å². The van der Waals surface area contributed by atoms with E-state index < -0.39 is 28.2 Å². The summed E-state index contributed by atoms with van der Waals surface area (Å²) in [5.74, 6) is -1.93. The number of pyridine rings is 1. The lowest BCUT2D eigenvalue weighted by Gasteiger charge is -2.10. The first-order chi connectivity index (χ1) is 6.83. The van der Waals surface area contributed by atoms with Crippen molar-refractivity contribution < 1.29 is 22.3 Å². The second-order valence-electron chi connectivity index (χ2n) is 2.27. The predicted molar refractivity (Wildman–Crippen MR) is 43.3 cm³/mol. The minimum atomic E-state index is -4.96. The molecular formula is C7HBrF4N2O. The van der Waals surface area contributed by atoms with Gasteiger partial charge in [-0.15, -0.1) is 13.2 Å². The lowest BCUT2D eigenvalue weighted by atomic mass is 10.3. The van der Waals surface area contributed by atoms with Gasteiger partial charge in [-0.25, -0.2) is 4.98 Å². The highest BCUT2D eigenvalue weighted by molar-refractivity contribution is 9.10.